The van der Waals surface area contributed by atoms with Crippen LogP contribution in [0.5, 0.6) is 5.75 Å². The lowest BCUT2D eigenvalue weighted by Gasteiger charge is -2.10. The Morgan fingerprint density at radius 3 is 2.58 bits per heavy atom. The topological polar surface area (TPSA) is 58.6 Å². The van der Waals surface area contributed by atoms with Crippen molar-refractivity contribution in [2.75, 3.05) is 6.61 Å². The number of halogens is 2. The molecule has 2 aromatic carbocycles. The maximum atomic E-state index is 13.4. The van der Waals surface area contributed by atoms with Crippen LogP contribution in [0.25, 0.3) is 0 Å². The SMILES string of the molecule is O=C(CCCOc1ccc(F)cc1F)NCc1ccccc1CO. The predicted octanol–water partition coefficient (Wildman–Crippen LogP) is 2.93. The van der Waals surface area contributed by atoms with E-state index in [4.69, 9.17) is 4.74 Å². The van der Waals surface area contributed by atoms with Gasteiger partial charge in [-0.2, -0.15) is 0 Å². The van der Waals surface area contributed by atoms with Gasteiger partial charge in [0, 0.05) is 19.0 Å². The molecule has 2 aromatic rings. The van der Waals surface area contributed by atoms with Crippen LogP contribution < -0.4 is 10.1 Å². The Morgan fingerprint density at radius 1 is 1.12 bits per heavy atom. The highest BCUT2D eigenvalue weighted by atomic mass is 19.1. The van der Waals surface area contributed by atoms with Crippen LogP contribution in [0.2, 0.25) is 0 Å². The third-order valence-corrected chi connectivity index (χ3v) is 3.46. The number of amides is 1. The van der Waals surface area contributed by atoms with Crippen molar-refractivity contribution in [2.24, 2.45) is 0 Å². The Kier molecular flexibility index (Phi) is 6.69. The van der Waals surface area contributed by atoms with E-state index in [9.17, 15) is 18.7 Å². The molecule has 0 aromatic heterocycles. The van der Waals surface area contributed by atoms with Crippen LogP contribution >= 0.6 is 0 Å². The Hall–Kier alpha value is -2.47. The average Bonchev–Trinajstić information content (AvgIpc) is 2.58. The molecule has 2 rings (SSSR count). The number of aliphatic hydroxyl groups is 1. The summed E-state index contributed by atoms with van der Waals surface area (Å²) in [5.74, 6) is -1.62. The Labute approximate surface area is 139 Å². The Balaban J connectivity index is 1.70. The van der Waals surface area contributed by atoms with Crippen molar-refractivity contribution < 1.29 is 23.4 Å². The summed E-state index contributed by atoms with van der Waals surface area (Å²) < 4.78 is 31.3. The fraction of sp³-hybridized carbons (Fsp3) is 0.278. The number of nitrogens with one attached hydrogen (secondary N) is 1. The van der Waals surface area contributed by atoms with E-state index in [1.54, 1.807) is 6.07 Å². The summed E-state index contributed by atoms with van der Waals surface area (Å²) in [6.45, 7) is 0.412. The van der Waals surface area contributed by atoms with Crippen LogP contribution in [0.15, 0.2) is 42.5 Å². The van der Waals surface area contributed by atoms with Crippen LogP contribution in [0.1, 0.15) is 24.0 Å². The number of benzene rings is 2. The molecule has 0 atom stereocenters. The first kappa shape index (κ1) is 17.9. The third kappa shape index (κ3) is 5.31. The predicted molar refractivity (Wildman–Crippen MR) is 85.3 cm³/mol. The van der Waals surface area contributed by atoms with Crippen molar-refractivity contribution >= 4 is 5.91 Å². The summed E-state index contributed by atoms with van der Waals surface area (Å²) >= 11 is 0. The molecule has 0 spiro atoms. The lowest BCUT2D eigenvalue weighted by Crippen LogP contribution is -2.23. The highest BCUT2D eigenvalue weighted by Gasteiger charge is 2.07. The molecule has 6 heteroatoms. The lowest BCUT2D eigenvalue weighted by atomic mass is 10.1. The van der Waals surface area contributed by atoms with E-state index in [1.807, 2.05) is 18.2 Å². The molecule has 4 nitrogen and oxygen atoms in total. The molecule has 0 aliphatic heterocycles. The molecule has 0 bridgehead atoms. The van der Waals surface area contributed by atoms with Crippen molar-refractivity contribution in [3.8, 4) is 5.75 Å². The van der Waals surface area contributed by atoms with Crippen LogP contribution in [0.3, 0.4) is 0 Å². The normalized spacial score (nSPS) is 10.5. The quantitative estimate of drug-likeness (QED) is 0.729. The van der Waals surface area contributed by atoms with Gasteiger partial charge >= 0.3 is 0 Å². The summed E-state index contributed by atoms with van der Waals surface area (Å²) in [5.41, 5.74) is 1.63. The van der Waals surface area contributed by atoms with Crippen molar-refractivity contribution in [1.82, 2.24) is 5.32 Å². The van der Waals surface area contributed by atoms with Gasteiger partial charge in [0.25, 0.3) is 0 Å². The van der Waals surface area contributed by atoms with Gasteiger partial charge < -0.3 is 15.2 Å². The standard InChI is InChI=1S/C18H19F2NO3/c19-15-7-8-17(16(20)10-15)24-9-3-6-18(23)21-11-13-4-1-2-5-14(13)12-22/h1-2,4-5,7-8,10,22H,3,6,9,11-12H2,(H,21,23). The molecular formula is C18H19F2NO3. The minimum absolute atomic E-state index is 0.0336. The van der Waals surface area contributed by atoms with Gasteiger partial charge in [0.05, 0.1) is 13.2 Å². The first-order chi connectivity index (χ1) is 11.6. The van der Waals surface area contributed by atoms with Crippen LogP contribution in [-0.4, -0.2) is 17.6 Å². The van der Waals surface area contributed by atoms with Gasteiger partial charge in [0.15, 0.2) is 11.6 Å². The van der Waals surface area contributed by atoms with E-state index in [2.05, 4.69) is 5.32 Å². The molecule has 128 valence electrons. The second-order valence-corrected chi connectivity index (χ2v) is 5.23. The second-order valence-electron chi connectivity index (χ2n) is 5.23. The maximum absolute atomic E-state index is 13.4. The molecule has 0 aliphatic carbocycles. The zero-order valence-electron chi connectivity index (χ0n) is 13.1. The summed E-state index contributed by atoms with van der Waals surface area (Å²) in [6, 6.07) is 10.4. The Bertz CT molecular complexity index is 692. The van der Waals surface area contributed by atoms with E-state index in [0.29, 0.717) is 13.0 Å². The van der Waals surface area contributed by atoms with Crippen LogP contribution in [0.4, 0.5) is 8.78 Å². The van der Waals surface area contributed by atoms with E-state index in [1.165, 1.54) is 6.07 Å². The zero-order chi connectivity index (χ0) is 17.4. The average molecular weight is 335 g/mol. The third-order valence-electron chi connectivity index (χ3n) is 3.46. The largest absolute Gasteiger partial charge is 0.491 e. The molecule has 0 aliphatic rings. The zero-order valence-corrected chi connectivity index (χ0v) is 13.1. The number of ether oxygens (including phenoxy) is 1. The molecule has 1 amide bonds. The first-order valence-corrected chi connectivity index (χ1v) is 7.62. The number of carbonyl (C=O) groups is 1. The van der Waals surface area contributed by atoms with Crippen LogP contribution in [0, 0.1) is 11.6 Å². The van der Waals surface area contributed by atoms with Crippen molar-refractivity contribution in [1.29, 1.82) is 0 Å². The van der Waals surface area contributed by atoms with Crippen molar-refractivity contribution in [2.45, 2.75) is 26.0 Å². The Morgan fingerprint density at radius 2 is 1.88 bits per heavy atom. The molecule has 0 radical (unpaired) electrons. The fourth-order valence-corrected chi connectivity index (χ4v) is 2.17. The van der Waals surface area contributed by atoms with E-state index >= 15 is 0 Å². The second kappa shape index (κ2) is 8.98. The summed E-state index contributed by atoms with van der Waals surface area (Å²) in [6.07, 6.45) is 0.633. The smallest absolute Gasteiger partial charge is 0.220 e. The highest BCUT2D eigenvalue weighted by Crippen LogP contribution is 2.17. The monoisotopic (exact) mass is 335 g/mol. The number of carbonyl (C=O) groups excluding carboxylic acids is 1. The van der Waals surface area contributed by atoms with Crippen molar-refractivity contribution in [3.05, 3.63) is 65.2 Å². The molecular weight excluding hydrogens is 316 g/mol. The summed E-state index contributed by atoms with van der Waals surface area (Å²) in [4.78, 5) is 11.8. The minimum Gasteiger partial charge on any atom is -0.491 e. The number of rotatable bonds is 8. The van der Waals surface area contributed by atoms with Gasteiger partial charge in [-0.3, -0.25) is 4.79 Å². The van der Waals surface area contributed by atoms with E-state index in [-0.39, 0.29) is 31.3 Å². The molecule has 2 N–H and O–H groups in total. The van der Waals surface area contributed by atoms with Gasteiger partial charge in [0.1, 0.15) is 5.82 Å². The van der Waals surface area contributed by atoms with Gasteiger partial charge in [-0.1, -0.05) is 24.3 Å². The van der Waals surface area contributed by atoms with Crippen molar-refractivity contribution in [3.63, 3.8) is 0 Å². The van der Waals surface area contributed by atoms with Gasteiger partial charge in [-0.05, 0) is 29.7 Å². The van der Waals surface area contributed by atoms with Gasteiger partial charge in [0.2, 0.25) is 5.91 Å². The molecule has 0 unspecified atom stereocenters. The number of hydrogen-bond donors (Lipinski definition) is 2. The summed E-state index contributed by atoms with van der Waals surface area (Å²) in [7, 11) is 0. The van der Waals surface area contributed by atoms with Gasteiger partial charge in [-0.15, -0.1) is 0 Å². The molecule has 24 heavy (non-hydrogen) atoms. The van der Waals surface area contributed by atoms with E-state index < -0.39 is 11.6 Å². The highest BCUT2D eigenvalue weighted by molar-refractivity contribution is 5.75. The number of hydrogen-bond acceptors (Lipinski definition) is 3. The molecule has 0 fully saturated rings. The lowest BCUT2D eigenvalue weighted by molar-refractivity contribution is -0.121. The van der Waals surface area contributed by atoms with E-state index in [0.717, 1.165) is 23.3 Å². The van der Waals surface area contributed by atoms with Gasteiger partial charge in [-0.25, -0.2) is 8.78 Å². The summed E-state index contributed by atoms with van der Waals surface area (Å²) in [5, 5.41) is 12.0. The van der Waals surface area contributed by atoms with Crippen LogP contribution in [-0.2, 0) is 17.9 Å². The number of aliphatic hydroxyl groups excluding tert-OH is 1. The maximum Gasteiger partial charge on any atom is 0.220 e. The first-order valence-electron chi connectivity index (χ1n) is 7.62. The minimum atomic E-state index is -0.764. The molecule has 0 heterocycles. The molecule has 0 saturated heterocycles. The fourth-order valence-electron chi connectivity index (χ4n) is 2.17. The molecule has 0 saturated carbocycles.